The molecule has 276 valence electrons. The Bertz CT molecular complexity index is 1560. The van der Waals surface area contributed by atoms with Crippen LogP contribution in [0.2, 0.25) is 0 Å². The number of nitrogens with zero attached hydrogens (tertiary/aromatic N) is 1. The zero-order valence-corrected chi connectivity index (χ0v) is 31.7. The second-order valence-electron chi connectivity index (χ2n) is 16.0. The van der Waals surface area contributed by atoms with Crippen LogP contribution in [0.25, 0.3) is 17.0 Å². The zero-order chi connectivity index (χ0) is 36.1. The summed E-state index contributed by atoms with van der Waals surface area (Å²) in [5.74, 6) is -2.23. The summed E-state index contributed by atoms with van der Waals surface area (Å²) in [6, 6.07) is 3.97. The lowest BCUT2D eigenvalue weighted by Gasteiger charge is -2.48. The number of hydrogen-bond donors (Lipinski definition) is 1. The van der Waals surface area contributed by atoms with Crippen LogP contribution in [-0.2, 0) is 25.2 Å². The fourth-order valence-electron chi connectivity index (χ4n) is 7.65. The monoisotopic (exact) mass is 689 g/mol. The number of carboxylic acids is 1. The number of allylic oxidation sites excluding steroid dienone is 2. The van der Waals surface area contributed by atoms with Crippen molar-refractivity contribution in [2.75, 3.05) is 24.6 Å². The Balaban J connectivity index is 1.24. The van der Waals surface area contributed by atoms with Gasteiger partial charge in [0.15, 0.2) is 0 Å². The highest BCUT2D eigenvalue weighted by atomic mass is 16.5. The molecule has 0 atom stereocenters. The average molecular weight is 690 g/mol. The quantitative estimate of drug-likeness (QED) is 0.0265. The smallest absolute Gasteiger partial charge is 0.345 e. The van der Waals surface area contributed by atoms with E-state index in [1.165, 1.54) is 113 Å². The average Bonchev–Trinajstić information content (AvgIpc) is 3.06. The number of aliphatic carboxylic acids is 1. The van der Waals surface area contributed by atoms with Gasteiger partial charge >= 0.3 is 17.6 Å². The van der Waals surface area contributed by atoms with Gasteiger partial charge in [0.2, 0.25) is 0 Å². The molecule has 0 saturated carbocycles. The van der Waals surface area contributed by atoms with Gasteiger partial charge < -0.3 is 19.2 Å². The molecule has 2 aromatic rings. The van der Waals surface area contributed by atoms with E-state index in [0.717, 1.165) is 49.7 Å². The highest BCUT2D eigenvalue weighted by molar-refractivity contribution is 6.13. The number of fused-ring (bicyclic) bond motifs is 2. The molecule has 0 amide bonds. The third-order valence-electron chi connectivity index (χ3n) is 11.0. The summed E-state index contributed by atoms with van der Waals surface area (Å²) >= 11 is 0. The standard InChI is InChI=1S/C43H63NO6/c1-6-7-8-9-10-11-12-13-14-15-16-17-18-19-20-21-29-49-41(48)34(39(45)46)24-22-23-32-30-33-31-35-37-36(38(33)50-40(32)47)43(4,5)26-28-44(37)27-25-42(35,2)3/h22-24,30-31H,6-21,25-29H2,1-5H3,(H,45,46). The molecule has 1 aromatic heterocycles. The summed E-state index contributed by atoms with van der Waals surface area (Å²) in [5, 5.41) is 10.5. The van der Waals surface area contributed by atoms with E-state index in [1.807, 2.05) is 6.07 Å². The number of esters is 1. The van der Waals surface area contributed by atoms with Crippen LogP contribution in [0.1, 0.15) is 167 Å². The minimum absolute atomic E-state index is 0.0139. The molecule has 7 nitrogen and oxygen atoms in total. The molecule has 4 rings (SSSR count). The minimum Gasteiger partial charge on any atom is -0.477 e. The molecule has 2 aliphatic rings. The second kappa shape index (κ2) is 18.8. The van der Waals surface area contributed by atoms with E-state index < -0.39 is 23.1 Å². The van der Waals surface area contributed by atoms with Crippen LogP contribution in [0.5, 0.6) is 0 Å². The molecule has 0 unspecified atom stereocenters. The number of carboxylic acid groups (broad SMARTS) is 1. The molecular weight excluding hydrogens is 626 g/mol. The van der Waals surface area contributed by atoms with Gasteiger partial charge in [-0.05, 0) is 59.9 Å². The summed E-state index contributed by atoms with van der Waals surface area (Å²) < 4.78 is 11.3. The number of carbonyl (C=O) groups is 2. The Kier molecular flexibility index (Phi) is 14.8. The first-order chi connectivity index (χ1) is 24.0. The Hall–Kier alpha value is -3.35. The van der Waals surface area contributed by atoms with Crippen molar-refractivity contribution in [1.82, 2.24) is 0 Å². The SMILES string of the molecule is CCCCCCCCCCCCCCCCCCOC(=O)C(=CC=Cc1cc2cc3c4c(c2oc1=O)C(C)(C)CCN4CCC3(C)C)C(=O)O. The summed E-state index contributed by atoms with van der Waals surface area (Å²) in [6.45, 7) is 13.4. The predicted octanol–water partition coefficient (Wildman–Crippen LogP) is 10.8. The lowest BCUT2D eigenvalue weighted by molar-refractivity contribution is -0.144. The van der Waals surface area contributed by atoms with Gasteiger partial charge in [-0.15, -0.1) is 0 Å². The van der Waals surface area contributed by atoms with E-state index >= 15 is 0 Å². The maximum Gasteiger partial charge on any atom is 0.345 e. The fraction of sp³-hybridized carbons (Fsp3) is 0.651. The number of anilines is 1. The highest BCUT2D eigenvalue weighted by Crippen LogP contribution is 2.51. The maximum atomic E-state index is 13.2. The van der Waals surface area contributed by atoms with E-state index in [1.54, 1.807) is 0 Å². The molecule has 2 aliphatic heterocycles. The molecule has 1 aromatic carbocycles. The number of rotatable bonds is 21. The Morgan fingerprint density at radius 3 is 1.92 bits per heavy atom. The van der Waals surface area contributed by atoms with Crippen molar-refractivity contribution in [3.63, 3.8) is 0 Å². The largest absolute Gasteiger partial charge is 0.477 e. The molecule has 7 heteroatoms. The molecule has 0 saturated heterocycles. The van der Waals surface area contributed by atoms with Crippen LogP contribution in [0.15, 0.2) is 39.1 Å². The molecule has 3 heterocycles. The molecule has 1 N–H and O–H groups in total. The first kappa shape index (κ1) is 39.4. The summed E-state index contributed by atoms with van der Waals surface area (Å²) in [5.41, 5.74) is 3.37. The normalized spacial score (nSPS) is 16.6. The Labute approximate surface area is 300 Å². The van der Waals surface area contributed by atoms with Crippen LogP contribution in [0.3, 0.4) is 0 Å². The summed E-state index contributed by atoms with van der Waals surface area (Å²) in [6.07, 6.45) is 26.2. The van der Waals surface area contributed by atoms with E-state index in [0.29, 0.717) is 17.6 Å². The first-order valence-corrected chi connectivity index (χ1v) is 19.7. The maximum absolute atomic E-state index is 13.2. The van der Waals surface area contributed by atoms with E-state index in [4.69, 9.17) is 9.15 Å². The summed E-state index contributed by atoms with van der Waals surface area (Å²) in [7, 11) is 0. The predicted molar refractivity (Wildman–Crippen MR) is 205 cm³/mol. The van der Waals surface area contributed by atoms with Gasteiger partial charge in [0.25, 0.3) is 0 Å². The van der Waals surface area contributed by atoms with Crippen molar-refractivity contribution in [2.45, 2.75) is 161 Å². The third-order valence-corrected chi connectivity index (χ3v) is 11.0. The van der Waals surface area contributed by atoms with Crippen LogP contribution < -0.4 is 10.5 Å². The van der Waals surface area contributed by atoms with Crippen LogP contribution in [0.4, 0.5) is 5.69 Å². The van der Waals surface area contributed by atoms with Gasteiger partial charge in [0.05, 0.1) is 12.2 Å². The molecule has 0 fully saturated rings. The highest BCUT2D eigenvalue weighted by Gasteiger charge is 2.41. The van der Waals surface area contributed by atoms with Gasteiger partial charge in [0.1, 0.15) is 11.2 Å². The van der Waals surface area contributed by atoms with Gasteiger partial charge in [-0.1, -0.05) is 137 Å². The van der Waals surface area contributed by atoms with Gasteiger partial charge in [0, 0.05) is 29.7 Å². The van der Waals surface area contributed by atoms with E-state index in [9.17, 15) is 19.5 Å². The van der Waals surface area contributed by atoms with E-state index in [2.05, 4.69) is 45.6 Å². The lowest BCUT2D eigenvalue weighted by Crippen LogP contribution is -2.44. The number of carbonyl (C=O) groups excluding carboxylic acids is 1. The van der Waals surface area contributed by atoms with Gasteiger partial charge in [-0.3, -0.25) is 0 Å². The van der Waals surface area contributed by atoms with Crippen molar-refractivity contribution in [3.8, 4) is 0 Å². The molecule has 0 aliphatic carbocycles. The van der Waals surface area contributed by atoms with Crippen LogP contribution >= 0.6 is 0 Å². The Morgan fingerprint density at radius 1 is 0.820 bits per heavy atom. The first-order valence-electron chi connectivity index (χ1n) is 19.7. The van der Waals surface area contributed by atoms with Gasteiger partial charge in [-0.25, -0.2) is 14.4 Å². The summed E-state index contributed by atoms with van der Waals surface area (Å²) in [4.78, 5) is 40.1. The zero-order valence-electron chi connectivity index (χ0n) is 31.7. The lowest BCUT2D eigenvalue weighted by atomic mass is 9.69. The van der Waals surface area contributed by atoms with Crippen LogP contribution in [0, 0.1) is 0 Å². The van der Waals surface area contributed by atoms with Crippen molar-refractivity contribution >= 4 is 34.7 Å². The second-order valence-corrected chi connectivity index (χ2v) is 16.0. The van der Waals surface area contributed by atoms with Crippen LogP contribution in [-0.4, -0.2) is 36.7 Å². The van der Waals surface area contributed by atoms with Gasteiger partial charge in [-0.2, -0.15) is 0 Å². The topological polar surface area (TPSA) is 97.0 Å². The number of unbranched alkanes of at least 4 members (excludes halogenated alkanes) is 15. The number of ether oxygens (including phenoxy) is 1. The minimum atomic E-state index is -1.36. The number of hydrogen-bond acceptors (Lipinski definition) is 6. The van der Waals surface area contributed by atoms with Crippen molar-refractivity contribution in [1.29, 1.82) is 0 Å². The van der Waals surface area contributed by atoms with Crippen molar-refractivity contribution < 1.29 is 23.8 Å². The van der Waals surface area contributed by atoms with Crippen molar-refractivity contribution in [3.05, 3.63) is 57.0 Å². The molecule has 0 spiro atoms. The molecule has 50 heavy (non-hydrogen) atoms. The molecule has 0 bridgehead atoms. The molecule has 0 radical (unpaired) electrons. The fourth-order valence-corrected chi connectivity index (χ4v) is 7.65. The van der Waals surface area contributed by atoms with E-state index in [-0.39, 0.29) is 17.4 Å². The third kappa shape index (κ3) is 10.6. The molecular formula is C43H63NO6. The van der Waals surface area contributed by atoms with Crippen molar-refractivity contribution in [2.24, 2.45) is 0 Å². The number of benzene rings is 1. The Morgan fingerprint density at radius 2 is 1.36 bits per heavy atom.